The second kappa shape index (κ2) is 8.48. The van der Waals surface area contributed by atoms with Gasteiger partial charge in [-0.25, -0.2) is 13.1 Å². The summed E-state index contributed by atoms with van der Waals surface area (Å²) >= 11 is 0. The van der Waals surface area contributed by atoms with Gasteiger partial charge in [0.25, 0.3) is 0 Å². The van der Waals surface area contributed by atoms with Crippen molar-refractivity contribution in [1.29, 1.82) is 0 Å². The van der Waals surface area contributed by atoms with Gasteiger partial charge >= 0.3 is 0 Å². The van der Waals surface area contributed by atoms with Crippen LogP contribution in [0.3, 0.4) is 0 Å². The molecule has 0 spiro atoms. The summed E-state index contributed by atoms with van der Waals surface area (Å²) in [4.78, 5) is 12.5. The average Bonchev–Trinajstić information content (AvgIpc) is 3.45. The number of nitrogens with one attached hydrogen (secondary N) is 3. The van der Waals surface area contributed by atoms with Crippen LogP contribution in [0.4, 0.5) is 5.69 Å². The molecule has 2 saturated carbocycles. The maximum absolute atomic E-state index is 12.4. The predicted octanol–water partition coefficient (Wildman–Crippen LogP) is 2.24. The van der Waals surface area contributed by atoms with Crippen molar-refractivity contribution in [2.75, 3.05) is 19.0 Å². The summed E-state index contributed by atoms with van der Waals surface area (Å²) in [6.07, 6.45) is 6.26. The highest BCUT2D eigenvalue weighted by atomic mass is 32.2. The van der Waals surface area contributed by atoms with E-state index in [1.54, 1.807) is 6.07 Å². The van der Waals surface area contributed by atoms with Crippen LogP contribution in [0.1, 0.15) is 45.4 Å². The van der Waals surface area contributed by atoms with E-state index in [1.807, 2.05) is 0 Å². The third-order valence-electron chi connectivity index (χ3n) is 5.28. The zero-order chi connectivity index (χ0) is 19.4. The van der Waals surface area contributed by atoms with Crippen LogP contribution >= 0.6 is 0 Å². The molecule has 1 aromatic rings. The number of ether oxygens (including phenoxy) is 1. The first-order valence-electron chi connectivity index (χ1n) is 9.62. The van der Waals surface area contributed by atoms with Crippen LogP contribution in [0.15, 0.2) is 23.1 Å². The van der Waals surface area contributed by atoms with Gasteiger partial charge in [0, 0.05) is 12.1 Å². The quantitative estimate of drug-likeness (QED) is 0.627. The van der Waals surface area contributed by atoms with Crippen molar-refractivity contribution in [3.8, 4) is 5.75 Å². The Morgan fingerprint density at radius 2 is 1.93 bits per heavy atom. The van der Waals surface area contributed by atoms with E-state index in [0.717, 1.165) is 32.1 Å². The lowest BCUT2D eigenvalue weighted by Gasteiger charge is -2.29. The van der Waals surface area contributed by atoms with E-state index >= 15 is 0 Å². The van der Waals surface area contributed by atoms with Crippen LogP contribution in [-0.4, -0.2) is 40.1 Å². The Balaban J connectivity index is 1.64. The van der Waals surface area contributed by atoms with Crippen LogP contribution < -0.4 is 20.1 Å². The minimum atomic E-state index is -3.56. The molecule has 3 rings (SSSR count). The lowest BCUT2D eigenvalue weighted by atomic mass is 9.86. The number of carbonyl (C=O) groups excluding carboxylic acids is 1. The number of rotatable bonds is 8. The number of sulfonamides is 1. The fourth-order valence-electron chi connectivity index (χ4n) is 3.45. The van der Waals surface area contributed by atoms with Crippen LogP contribution in [-0.2, 0) is 14.8 Å². The Kier molecular flexibility index (Phi) is 6.26. The highest BCUT2D eigenvalue weighted by Gasteiger charge is 2.28. The summed E-state index contributed by atoms with van der Waals surface area (Å²) in [7, 11) is -2.04. The van der Waals surface area contributed by atoms with Gasteiger partial charge in [-0.05, 0) is 49.8 Å². The van der Waals surface area contributed by atoms with E-state index in [2.05, 4.69) is 22.3 Å². The predicted molar refractivity (Wildman–Crippen MR) is 104 cm³/mol. The van der Waals surface area contributed by atoms with Gasteiger partial charge in [-0.1, -0.05) is 19.8 Å². The molecule has 0 bridgehead atoms. The largest absolute Gasteiger partial charge is 0.495 e. The third-order valence-corrected chi connectivity index (χ3v) is 6.80. The Labute approximate surface area is 161 Å². The highest BCUT2D eigenvalue weighted by Crippen LogP contribution is 2.29. The van der Waals surface area contributed by atoms with Gasteiger partial charge in [-0.2, -0.15) is 0 Å². The molecule has 8 heteroatoms. The SMILES string of the molecule is COc1ccc(S(=O)(=O)NC2CC2)cc1NCC(=O)N[C@H]1CCCC[C@@H]1C. The van der Waals surface area contributed by atoms with Crippen LogP contribution in [0.5, 0.6) is 5.75 Å². The van der Waals surface area contributed by atoms with Gasteiger partial charge in [0.15, 0.2) is 0 Å². The van der Waals surface area contributed by atoms with Gasteiger partial charge in [0.1, 0.15) is 5.75 Å². The average molecular weight is 396 g/mol. The fourth-order valence-corrected chi connectivity index (χ4v) is 4.78. The maximum atomic E-state index is 12.4. The number of hydrogen-bond donors (Lipinski definition) is 3. The minimum Gasteiger partial charge on any atom is -0.495 e. The first-order chi connectivity index (χ1) is 12.9. The Morgan fingerprint density at radius 1 is 1.19 bits per heavy atom. The molecule has 0 aliphatic heterocycles. The van der Waals surface area contributed by atoms with Crippen LogP contribution in [0, 0.1) is 5.92 Å². The molecular weight excluding hydrogens is 366 g/mol. The second-order valence-electron chi connectivity index (χ2n) is 7.55. The molecule has 150 valence electrons. The Morgan fingerprint density at radius 3 is 2.59 bits per heavy atom. The number of carbonyl (C=O) groups is 1. The van der Waals surface area contributed by atoms with E-state index in [0.29, 0.717) is 17.4 Å². The third kappa shape index (κ3) is 5.35. The second-order valence-corrected chi connectivity index (χ2v) is 9.26. The molecule has 0 aromatic heterocycles. The van der Waals surface area contributed by atoms with Gasteiger partial charge in [0.05, 0.1) is 24.2 Å². The zero-order valence-electron chi connectivity index (χ0n) is 16.0. The normalized spacial score (nSPS) is 22.9. The zero-order valence-corrected chi connectivity index (χ0v) is 16.8. The standard InChI is InChI=1S/C19H29N3O4S/c1-13-5-3-4-6-16(13)21-19(23)12-20-17-11-15(9-10-18(17)26-2)27(24,25)22-14-7-8-14/h9-11,13-14,16,20,22H,3-8,12H2,1-2H3,(H,21,23)/t13-,16-/m0/s1. The van der Waals surface area contributed by atoms with Gasteiger partial charge in [-0.3, -0.25) is 4.79 Å². The van der Waals surface area contributed by atoms with Gasteiger partial charge in [-0.15, -0.1) is 0 Å². The topological polar surface area (TPSA) is 96.5 Å². The van der Waals surface area contributed by atoms with Crippen molar-refractivity contribution in [3.05, 3.63) is 18.2 Å². The van der Waals surface area contributed by atoms with Crippen molar-refractivity contribution in [2.24, 2.45) is 5.92 Å². The summed E-state index contributed by atoms with van der Waals surface area (Å²) in [5, 5.41) is 6.10. The molecular formula is C19H29N3O4S. The number of amides is 1. The summed E-state index contributed by atoms with van der Waals surface area (Å²) < 4.78 is 32.8. The van der Waals surface area contributed by atoms with Gasteiger partial charge in [0.2, 0.25) is 15.9 Å². The molecule has 0 saturated heterocycles. The summed E-state index contributed by atoms with van der Waals surface area (Å²) in [5.41, 5.74) is 0.489. The molecule has 7 nitrogen and oxygen atoms in total. The summed E-state index contributed by atoms with van der Waals surface area (Å²) in [6.45, 7) is 2.24. The van der Waals surface area contributed by atoms with Gasteiger partial charge < -0.3 is 15.4 Å². The first-order valence-corrected chi connectivity index (χ1v) is 11.1. The number of methoxy groups -OCH3 is 1. The molecule has 2 fully saturated rings. The molecule has 1 aromatic carbocycles. The molecule has 2 atom stereocenters. The smallest absolute Gasteiger partial charge is 0.240 e. The Bertz CT molecular complexity index is 777. The van der Waals surface area contributed by atoms with E-state index in [1.165, 1.54) is 25.7 Å². The molecule has 2 aliphatic carbocycles. The number of hydrogen-bond acceptors (Lipinski definition) is 5. The monoisotopic (exact) mass is 395 g/mol. The van der Waals surface area contributed by atoms with Crippen molar-refractivity contribution in [2.45, 2.75) is 62.4 Å². The molecule has 1 amide bonds. The first kappa shape index (κ1) is 19.9. The molecule has 0 unspecified atom stereocenters. The van der Waals surface area contributed by atoms with Crippen molar-refractivity contribution < 1.29 is 17.9 Å². The molecule has 3 N–H and O–H groups in total. The minimum absolute atomic E-state index is 0.0387. The number of benzene rings is 1. The fraction of sp³-hybridized carbons (Fsp3) is 0.632. The lowest BCUT2D eigenvalue weighted by molar-refractivity contribution is -0.120. The van der Waals surface area contributed by atoms with Crippen LogP contribution in [0.25, 0.3) is 0 Å². The highest BCUT2D eigenvalue weighted by molar-refractivity contribution is 7.89. The lowest BCUT2D eigenvalue weighted by Crippen LogP contribution is -2.43. The van der Waals surface area contributed by atoms with E-state index in [-0.39, 0.29) is 29.4 Å². The maximum Gasteiger partial charge on any atom is 0.240 e. The molecule has 0 radical (unpaired) electrons. The van der Waals surface area contributed by atoms with Crippen molar-refractivity contribution >= 4 is 21.6 Å². The molecule has 0 heterocycles. The van der Waals surface area contributed by atoms with E-state index in [9.17, 15) is 13.2 Å². The number of anilines is 1. The van der Waals surface area contributed by atoms with Crippen molar-refractivity contribution in [1.82, 2.24) is 10.0 Å². The van der Waals surface area contributed by atoms with Crippen LogP contribution in [0.2, 0.25) is 0 Å². The molecule has 27 heavy (non-hydrogen) atoms. The summed E-state index contributed by atoms with van der Waals surface area (Å²) in [6, 6.07) is 4.88. The Hall–Kier alpha value is -1.80. The van der Waals surface area contributed by atoms with Crippen molar-refractivity contribution in [3.63, 3.8) is 0 Å². The molecule has 2 aliphatic rings. The van der Waals surface area contributed by atoms with E-state index in [4.69, 9.17) is 4.74 Å². The van der Waals surface area contributed by atoms with E-state index < -0.39 is 10.0 Å². The summed E-state index contributed by atoms with van der Waals surface area (Å²) in [5.74, 6) is 0.888.